The lowest BCUT2D eigenvalue weighted by atomic mass is 9.39. The van der Waals surface area contributed by atoms with E-state index < -0.39 is 58.9 Å². The van der Waals surface area contributed by atoms with Crippen LogP contribution in [-0.2, 0) is 33.3 Å². The molecule has 12 atom stereocenters. The molecule has 1 N–H and O–H groups in total. The molecular formula is C37H50O9. The van der Waals surface area contributed by atoms with E-state index in [0.717, 1.165) is 16.7 Å². The Morgan fingerprint density at radius 3 is 2.30 bits per heavy atom. The third kappa shape index (κ3) is 4.63. The van der Waals surface area contributed by atoms with Crippen LogP contribution in [0.15, 0.2) is 57.5 Å². The van der Waals surface area contributed by atoms with Crippen molar-refractivity contribution in [1.29, 1.82) is 0 Å². The monoisotopic (exact) mass is 638 g/mol. The lowest BCUT2D eigenvalue weighted by Crippen LogP contribution is -2.72. The number of aliphatic hydroxyl groups excluding tert-OH is 1. The van der Waals surface area contributed by atoms with Gasteiger partial charge in [-0.1, -0.05) is 38.5 Å². The number of aliphatic hydroxyl groups is 1. The zero-order valence-electron chi connectivity index (χ0n) is 28.6. The van der Waals surface area contributed by atoms with Gasteiger partial charge in [0.2, 0.25) is 0 Å². The molecule has 2 saturated heterocycles. The fourth-order valence-electron chi connectivity index (χ4n) is 10.2. The molecule has 0 bridgehead atoms. The number of allylic oxidation sites excluding steroid dienone is 3. The second kappa shape index (κ2) is 11.8. The molecule has 3 aliphatic carbocycles. The van der Waals surface area contributed by atoms with Gasteiger partial charge in [0.05, 0.1) is 37.4 Å². The van der Waals surface area contributed by atoms with Gasteiger partial charge in [0.25, 0.3) is 0 Å². The van der Waals surface area contributed by atoms with Crippen LogP contribution in [0.4, 0.5) is 0 Å². The summed E-state index contributed by atoms with van der Waals surface area (Å²) >= 11 is 0. The molecule has 2 aliphatic heterocycles. The van der Waals surface area contributed by atoms with Crippen LogP contribution in [-0.4, -0.2) is 67.6 Å². The summed E-state index contributed by atoms with van der Waals surface area (Å²) in [5.41, 5.74) is 2.15. The summed E-state index contributed by atoms with van der Waals surface area (Å²) in [5, 5.41) is 11.8. The van der Waals surface area contributed by atoms with E-state index in [9.17, 15) is 14.7 Å². The minimum absolute atomic E-state index is 0.0416. The number of fused-ring (bicyclic) bond motifs is 4. The largest absolute Gasteiger partial charge is 0.472 e. The average Bonchev–Trinajstić information content (AvgIpc) is 3.75. The van der Waals surface area contributed by atoms with E-state index in [2.05, 4.69) is 27.7 Å². The number of hydrogen-bond donors (Lipinski definition) is 1. The van der Waals surface area contributed by atoms with Gasteiger partial charge >= 0.3 is 11.9 Å². The summed E-state index contributed by atoms with van der Waals surface area (Å²) in [4.78, 5) is 27.1. The molecule has 9 heteroatoms. The highest BCUT2D eigenvalue weighted by molar-refractivity contribution is 5.88. The van der Waals surface area contributed by atoms with Crippen LogP contribution in [0.3, 0.4) is 0 Å². The van der Waals surface area contributed by atoms with Crippen LogP contribution in [0.25, 0.3) is 0 Å². The van der Waals surface area contributed by atoms with Crippen LogP contribution in [0.1, 0.15) is 86.1 Å². The fourth-order valence-corrected chi connectivity index (χ4v) is 10.2. The van der Waals surface area contributed by atoms with E-state index in [0.29, 0.717) is 30.6 Å². The van der Waals surface area contributed by atoms with Crippen molar-refractivity contribution in [2.45, 2.75) is 117 Å². The highest BCUT2D eigenvalue weighted by Gasteiger charge is 2.77. The van der Waals surface area contributed by atoms with Crippen LogP contribution in [0, 0.1) is 28.1 Å². The van der Waals surface area contributed by atoms with Crippen molar-refractivity contribution in [2.75, 3.05) is 13.7 Å². The Bertz CT molecular complexity index is 1460. The number of furan rings is 1. The zero-order valence-corrected chi connectivity index (χ0v) is 28.6. The number of methoxy groups -OCH3 is 1. The Balaban J connectivity index is 1.61. The first-order chi connectivity index (χ1) is 21.8. The van der Waals surface area contributed by atoms with E-state index in [1.165, 1.54) is 0 Å². The summed E-state index contributed by atoms with van der Waals surface area (Å²) in [6.45, 7) is 16.0. The maximum Gasteiger partial charge on any atom is 0.333 e. The van der Waals surface area contributed by atoms with Crippen LogP contribution >= 0.6 is 0 Å². The van der Waals surface area contributed by atoms with Gasteiger partial charge in [0.15, 0.2) is 6.29 Å². The van der Waals surface area contributed by atoms with Gasteiger partial charge in [0, 0.05) is 59.2 Å². The normalized spacial score (nSPS) is 43.8. The molecule has 4 fully saturated rings. The van der Waals surface area contributed by atoms with Gasteiger partial charge in [-0.05, 0) is 64.2 Å². The van der Waals surface area contributed by atoms with Crippen molar-refractivity contribution in [3.8, 4) is 0 Å². The van der Waals surface area contributed by atoms with Crippen LogP contribution < -0.4 is 0 Å². The molecule has 5 aliphatic rings. The Morgan fingerprint density at radius 2 is 1.70 bits per heavy atom. The number of rotatable bonds is 6. The number of ether oxygens (including phenoxy) is 5. The molecule has 3 heterocycles. The van der Waals surface area contributed by atoms with Crippen molar-refractivity contribution < 1.29 is 42.8 Å². The lowest BCUT2D eigenvalue weighted by Gasteiger charge is -2.66. The second-order valence-electron chi connectivity index (χ2n) is 14.8. The number of hydrogen-bond acceptors (Lipinski definition) is 9. The van der Waals surface area contributed by atoms with E-state index >= 15 is 0 Å². The summed E-state index contributed by atoms with van der Waals surface area (Å²) in [5.74, 6) is -1.30. The van der Waals surface area contributed by atoms with E-state index in [1.807, 2.05) is 19.9 Å². The molecule has 0 radical (unpaired) electrons. The summed E-state index contributed by atoms with van der Waals surface area (Å²) in [7, 11) is 1.66. The van der Waals surface area contributed by atoms with Crippen LogP contribution in [0.2, 0.25) is 0 Å². The van der Waals surface area contributed by atoms with Crippen LogP contribution in [0.5, 0.6) is 0 Å². The SMILES string of the molecule is CC=C(C)C(=O)OC1C2OCC3(C)C(O)CC(OC(=O)C(C)=CC)C(C)(C23)C2CC(OC)OC3CC(c4ccoc4)C(C)=C3C12C. The maximum atomic E-state index is 13.7. The Kier molecular flexibility index (Phi) is 8.48. The summed E-state index contributed by atoms with van der Waals surface area (Å²) in [6.07, 6.45) is 4.87. The maximum absolute atomic E-state index is 13.7. The predicted molar refractivity (Wildman–Crippen MR) is 169 cm³/mol. The van der Waals surface area contributed by atoms with Gasteiger partial charge in [0.1, 0.15) is 12.2 Å². The second-order valence-corrected chi connectivity index (χ2v) is 14.8. The molecule has 252 valence electrons. The third-order valence-corrected chi connectivity index (χ3v) is 12.8. The van der Waals surface area contributed by atoms with E-state index in [4.69, 9.17) is 28.1 Å². The first kappa shape index (κ1) is 33.2. The molecule has 9 nitrogen and oxygen atoms in total. The highest BCUT2D eigenvalue weighted by Crippen LogP contribution is 2.72. The topological polar surface area (TPSA) is 114 Å². The molecule has 6 rings (SSSR count). The molecule has 12 unspecified atom stereocenters. The van der Waals surface area contributed by atoms with Crippen molar-refractivity contribution in [1.82, 2.24) is 0 Å². The zero-order chi connectivity index (χ0) is 33.3. The number of esters is 2. The third-order valence-electron chi connectivity index (χ3n) is 12.8. The lowest BCUT2D eigenvalue weighted by molar-refractivity contribution is -0.260. The summed E-state index contributed by atoms with van der Waals surface area (Å²) in [6, 6.07) is 1.99. The standard InChI is InChI=1S/C37H50O9/c1-10-19(3)33(39)45-27-16-26(38)35(6)18-43-30-31(35)36(27,7)25-15-28(41-9)44-24-14-23(22-12-13-42-17-22)21(5)29(24)37(25,8)32(30)46-34(40)20(4)11-2/h10-13,17,23-28,30-32,38H,14-16,18H2,1-9H3. The fraction of sp³-hybridized carbons (Fsp3) is 0.676. The van der Waals surface area contributed by atoms with E-state index in [-0.39, 0.29) is 30.3 Å². The van der Waals surface area contributed by atoms with Gasteiger partial charge in [-0.3, -0.25) is 0 Å². The first-order valence-corrected chi connectivity index (χ1v) is 16.7. The van der Waals surface area contributed by atoms with E-state index in [1.54, 1.807) is 45.6 Å². The van der Waals surface area contributed by atoms with Crippen molar-refractivity contribution in [3.63, 3.8) is 0 Å². The van der Waals surface area contributed by atoms with Crippen molar-refractivity contribution in [3.05, 3.63) is 58.6 Å². The molecule has 1 aromatic rings. The average molecular weight is 639 g/mol. The molecule has 0 amide bonds. The molecule has 46 heavy (non-hydrogen) atoms. The predicted octanol–water partition coefficient (Wildman–Crippen LogP) is 6.03. The van der Waals surface area contributed by atoms with Gasteiger partial charge in [-0.25, -0.2) is 9.59 Å². The minimum Gasteiger partial charge on any atom is -0.472 e. The minimum atomic E-state index is -0.798. The molecule has 1 aromatic heterocycles. The summed E-state index contributed by atoms with van der Waals surface area (Å²) < 4.78 is 38.1. The van der Waals surface area contributed by atoms with Crippen molar-refractivity contribution >= 4 is 11.9 Å². The molecule has 2 saturated carbocycles. The number of carbonyl (C=O) groups excluding carboxylic acids is 2. The number of carbonyl (C=O) groups is 2. The van der Waals surface area contributed by atoms with Gasteiger partial charge in [-0.2, -0.15) is 0 Å². The first-order valence-electron chi connectivity index (χ1n) is 16.7. The van der Waals surface area contributed by atoms with Gasteiger partial charge < -0.3 is 33.2 Å². The Hall–Kier alpha value is -2.72. The molecule has 0 aromatic carbocycles. The molecule has 0 spiro atoms. The Morgan fingerprint density at radius 1 is 1.02 bits per heavy atom. The quantitative estimate of drug-likeness (QED) is 0.227. The Labute approximate surface area is 272 Å². The molecular weight excluding hydrogens is 588 g/mol. The van der Waals surface area contributed by atoms with Crippen molar-refractivity contribution in [2.24, 2.45) is 28.1 Å². The smallest absolute Gasteiger partial charge is 0.333 e. The van der Waals surface area contributed by atoms with Gasteiger partial charge in [-0.15, -0.1) is 0 Å². The highest BCUT2D eigenvalue weighted by atomic mass is 16.7.